The van der Waals surface area contributed by atoms with Gasteiger partial charge in [0.1, 0.15) is 0 Å². The Bertz CT molecular complexity index is 4200. The smallest absolute Gasteiger partial charge is 0.264 e. The summed E-state index contributed by atoms with van der Waals surface area (Å²) < 4.78 is 2.87. The molecule has 3 heterocycles. The molecular weight excluding hydrogens is 1030 g/mol. The molecule has 2 bridgehead atoms. The molecule has 0 radical (unpaired) electrons. The molecule has 5 heteroatoms. The molecule has 1 aromatic heterocycles. The maximum absolute atomic E-state index is 2.80. The zero-order valence-corrected chi connectivity index (χ0v) is 53.3. The van der Waals surface area contributed by atoms with Crippen LogP contribution in [-0.2, 0) is 37.9 Å². The second-order valence-corrected chi connectivity index (χ2v) is 31.9. The predicted molar refractivity (Wildman–Crippen MR) is 363 cm³/mol. The average Bonchev–Trinajstić information content (AvgIpc) is 1.27. The molecule has 84 heavy (non-hydrogen) atoms. The van der Waals surface area contributed by atoms with Crippen LogP contribution in [0.4, 0.5) is 51.2 Å². The van der Waals surface area contributed by atoms with E-state index < -0.39 is 0 Å². The molecule has 424 valence electrons. The summed E-state index contributed by atoms with van der Waals surface area (Å²) in [5.41, 5.74) is 28.5. The fourth-order valence-corrected chi connectivity index (χ4v) is 18.2. The Morgan fingerprint density at radius 3 is 1.71 bits per heavy atom. The molecule has 9 aromatic rings. The van der Waals surface area contributed by atoms with E-state index in [2.05, 4.69) is 281 Å². The van der Waals surface area contributed by atoms with E-state index in [4.69, 9.17) is 0 Å². The number of fused-ring (bicyclic) bond motifs is 10. The zero-order chi connectivity index (χ0) is 58.4. The number of hydrogen-bond donors (Lipinski definition) is 0. The minimum Gasteiger partial charge on any atom is -0.311 e. The standard InChI is InChI=1S/C79H84BN3S/c1-49-23-21-22-28-62(49)81(52-26-19-16-20-27-52)54-45-65-70-66(46-54)83(64-34-32-57-69(68(64)50-24-17-15-18-25-50)77(11,12)38-37-75(57,7)8)63-33-29-51(73(2,3)4)43-61(63)80(70)72-71(82(65)53-30-31-56-58(44-53)76(9,10)36-35-74(56,5)6)55-47-59-60(48-67(55)84-72)79(14)41-39-78(59,13)40-42-79/h15-34,43-48H,35-42H2,1-14H3. The van der Waals surface area contributed by atoms with Gasteiger partial charge in [0.15, 0.2) is 0 Å². The first-order valence-corrected chi connectivity index (χ1v) is 32.5. The van der Waals surface area contributed by atoms with Crippen LogP contribution in [0.1, 0.15) is 186 Å². The molecule has 16 rings (SSSR count). The van der Waals surface area contributed by atoms with Crippen LogP contribution in [0.3, 0.4) is 0 Å². The van der Waals surface area contributed by atoms with Gasteiger partial charge in [-0.1, -0.05) is 181 Å². The predicted octanol–water partition coefficient (Wildman–Crippen LogP) is 20.5. The Hall–Kier alpha value is -6.82. The lowest BCUT2D eigenvalue weighted by Gasteiger charge is -2.52. The van der Waals surface area contributed by atoms with E-state index in [1.54, 1.807) is 11.1 Å². The van der Waals surface area contributed by atoms with E-state index in [0.717, 1.165) is 30.6 Å². The molecule has 0 unspecified atom stereocenters. The van der Waals surface area contributed by atoms with Crippen LogP contribution in [-0.4, -0.2) is 6.71 Å². The molecule has 1 fully saturated rings. The summed E-state index contributed by atoms with van der Waals surface area (Å²) >= 11 is 2.09. The van der Waals surface area contributed by atoms with Crippen LogP contribution in [0.5, 0.6) is 0 Å². The van der Waals surface area contributed by atoms with Crippen molar-refractivity contribution in [3.63, 3.8) is 0 Å². The second kappa shape index (κ2) is 18.1. The van der Waals surface area contributed by atoms with E-state index >= 15 is 0 Å². The molecule has 0 spiro atoms. The van der Waals surface area contributed by atoms with Crippen LogP contribution in [0.2, 0.25) is 0 Å². The number of hydrogen-bond acceptors (Lipinski definition) is 4. The van der Waals surface area contributed by atoms with Gasteiger partial charge in [-0.15, -0.1) is 11.3 Å². The van der Waals surface area contributed by atoms with Crippen LogP contribution in [0.25, 0.3) is 21.2 Å². The second-order valence-electron chi connectivity index (χ2n) is 30.8. The van der Waals surface area contributed by atoms with Crippen LogP contribution in [0.15, 0.2) is 158 Å². The monoisotopic (exact) mass is 1120 g/mol. The first-order chi connectivity index (χ1) is 39.9. The van der Waals surface area contributed by atoms with Crippen molar-refractivity contribution in [3.8, 4) is 11.1 Å². The van der Waals surface area contributed by atoms with Gasteiger partial charge in [-0.25, -0.2) is 0 Å². The van der Waals surface area contributed by atoms with Gasteiger partial charge in [0.05, 0.1) is 17.1 Å². The molecule has 0 saturated heterocycles. The Morgan fingerprint density at radius 1 is 0.476 bits per heavy atom. The SMILES string of the molecule is Cc1ccccc1N(c1ccccc1)c1cc2c3c(c1)N(c1ccc4c(c1)C(C)(C)CCC4(C)C)c1c(sc4cc5c(cc14)C1(C)CCC5(C)CC1)B3c1cc(C(C)(C)C)ccc1N2c1ccc2c(c1-c1ccccc1)C(C)(C)CCC2(C)C. The molecule has 1 saturated carbocycles. The summed E-state index contributed by atoms with van der Waals surface area (Å²) in [6.45, 7) is 34.6. The maximum Gasteiger partial charge on any atom is 0.264 e. The van der Waals surface area contributed by atoms with E-state index in [1.807, 2.05) is 0 Å². The number of para-hydroxylation sites is 2. The van der Waals surface area contributed by atoms with Crippen molar-refractivity contribution in [2.24, 2.45) is 0 Å². The lowest BCUT2D eigenvalue weighted by molar-refractivity contribution is 0.188. The number of anilines is 9. The average molecular weight is 1120 g/mol. The minimum atomic E-state index is -0.0796. The van der Waals surface area contributed by atoms with E-state index in [0.29, 0.717) is 0 Å². The van der Waals surface area contributed by atoms with E-state index in [9.17, 15) is 0 Å². The van der Waals surface area contributed by atoms with E-state index in [-0.39, 0.29) is 44.6 Å². The van der Waals surface area contributed by atoms with Crippen molar-refractivity contribution < 1.29 is 0 Å². The summed E-state index contributed by atoms with van der Waals surface area (Å²) in [5, 5.41) is 1.40. The molecule has 0 amide bonds. The molecule has 5 aliphatic carbocycles. The highest BCUT2D eigenvalue weighted by Gasteiger charge is 2.51. The highest BCUT2D eigenvalue weighted by molar-refractivity contribution is 7.33. The van der Waals surface area contributed by atoms with Crippen LogP contribution in [0, 0.1) is 6.92 Å². The van der Waals surface area contributed by atoms with Gasteiger partial charge in [-0.3, -0.25) is 0 Å². The molecular formula is C79H84BN3S. The highest BCUT2D eigenvalue weighted by atomic mass is 32.1. The van der Waals surface area contributed by atoms with Crippen LogP contribution >= 0.6 is 11.3 Å². The topological polar surface area (TPSA) is 9.72 Å². The summed E-state index contributed by atoms with van der Waals surface area (Å²) in [7, 11) is 0. The van der Waals surface area contributed by atoms with Gasteiger partial charge in [-0.2, -0.15) is 0 Å². The first kappa shape index (κ1) is 53.9. The van der Waals surface area contributed by atoms with Crippen molar-refractivity contribution in [3.05, 3.63) is 202 Å². The summed E-state index contributed by atoms with van der Waals surface area (Å²) in [5.74, 6) is 0. The van der Waals surface area contributed by atoms with Gasteiger partial charge in [-0.05, 0) is 224 Å². The Balaban J connectivity index is 1.13. The molecule has 8 aromatic carbocycles. The van der Waals surface area contributed by atoms with E-state index in [1.165, 1.54) is 142 Å². The maximum atomic E-state index is 2.80. The fraction of sp³-hybridized carbons (Fsp3) is 0.367. The molecule has 0 atom stereocenters. The zero-order valence-electron chi connectivity index (χ0n) is 52.5. The summed E-state index contributed by atoms with van der Waals surface area (Å²) in [4.78, 5) is 8.12. The fourth-order valence-electron chi connectivity index (χ4n) is 16.9. The molecule has 0 N–H and O–H groups in total. The number of benzene rings is 8. The summed E-state index contributed by atoms with van der Waals surface area (Å²) in [6.07, 6.45) is 9.64. The molecule has 2 aliphatic heterocycles. The summed E-state index contributed by atoms with van der Waals surface area (Å²) in [6, 6.07) is 62.7. The normalized spacial score (nSPS) is 21.7. The van der Waals surface area contributed by atoms with Crippen LogP contribution < -0.4 is 30.4 Å². The van der Waals surface area contributed by atoms with Gasteiger partial charge < -0.3 is 14.7 Å². The van der Waals surface area contributed by atoms with Crippen molar-refractivity contribution in [1.29, 1.82) is 0 Å². The van der Waals surface area contributed by atoms with Gasteiger partial charge in [0.2, 0.25) is 0 Å². The van der Waals surface area contributed by atoms with Gasteiger partial charge in [0, 0.05) is 54.6 Å². The quantitative estimate of drug-likeness (QED) is 0.154. The number of thiophene rings is 1. The van der Waals surface area contributed by atoms with Crippen molar-refractivity contribution in [1.82, 2.24) is 0 Å². The lowest BCUT2D eigenvalue weighted by Crippen LogP contribution is -2.60. The Morgan fingerprint density at radius 2 is 1.05 bits per heavy atom. The Labute approximate surface area is 506 Å². The third-order valence-electron chi connectivity index (χ3n) is 22.4. The third-order valence-corrected chi connectivity index (χ3v) is 23.6. The largest absolute Gasteiger partial charge is 0.311 e. The number of aryl methyl sites for hydroxylation is 1. The Kier molecular flexibility index (Phi) is 11.6. The third kappa shape index (κ3) is 7.88. The van der Waals surface area contributed by atoms with Gasteiger partial charge >= 0.3 is 0 Å². The van der Waals surface area contributed by atoms with Gasteiger partial charge in [0.25, 0.3) is 6.71 Å². The van der Waals surface area contributed by atoms with Crippen molar-refractivity contribution in [2.45, 2.75) is 186 Å². The number of nitrogens with zero attached hydrogens (tertiary/aromatic N) is 3. The minimum absolute atomic E-state index is 0.0129. The number of rotatable bonds is 6. The highest BCUT2D eigenvalue weighted by Crippen LogP contribution is 2.61. The molecule has 7 aliphatic rings. The van der Waals surface area contributed by atoms with Crippen molar-refractivity contribution in [2.75, 3.05) is 14.7 Å². The molecule has 3 nitrogen and oxygen atoms in total. The first-order valence-electron chi connectivity index (χ1n) is 31.7. The lowest BCUT2D eigenvalue weighted by atomic mass is 9.36. The van der Waals surface area contributed by atoms with Crippen molar-refractivity contribution >= 4 is 95.0 Å².